The molecule has 2 amide bonds. The summed E-state index contributed by atoms with van der Waals surface area (Å²) < 4.78 is 0. The molecule has 0 spiro atoms. The zero-order chi connectivity index (χ0) is 18.4. The predicted octanol–water partition coefficient (Wildman–Crippen LogP) is 1.72. The first-order chi connectivity index (χ1) is 12.6. The van der Waals surface area contributed by atoms with Crippen LogP contribution in [0, 0.1) is 5.92 Å². The molecule has 142 valence electrons. The summed E-state index contributed by atoms with van der Waals surface area (Å²) in [5.74, 6) is 0.253. The average Bonchev–Trinajstić information content (AvgIpc) is 2.64. The van der Waals surface area contributed by atoms with Gasteiger partial charge in [-0.05, 0) is 44.2 Å². The number of amides is 2. The van der Waals surface area contributed by atoms with Gasteiger partial charge in [0.25, 0.3) is 0 Å². The van der Waals surface area contributed by atoms with Crippen molar-refractivity contribution in [1.29, 1.82) is 0 Å². The van der Waals surface area contributed by atoms with Crippen molar-refractivity contribution in [2.24, 2.45) is 11.7 Å². The van der Waals surface area contributed by atoms with E-state index in [1.54, 1.807) is 0 Å². The lowest BCUT2D eigenvalue weighted by molar-refractivity contribution is -0.127. The highest BCUT2D eigenvalue weighted by Gasteiger charge is 2.28. The maximum Gasteiger partial charge on any atom is 0.238 e. The van der Waals surface area contributed by atoms with Gasteiger partial charge in [-0.25, -0.2) is 0 Å². The second kappa shape index (κ2) is 9.14. The summed E-state index contributed by atoms with van der Waals surface area (Å²) in [5.41, 5.74) is 6.82. The number of nitrogens with zero attached hydrogens (tertiary/aromatic N) is 1. The van der Waals surface area contributed by atoms with Gasteiger partial charge < -0.3 is 16.4 Å². The van der Waals surface area contributed by atoms with E-state index in [0.717, 1.165) is 57.3 Å². The molecule has 0 aromatic heterocycles. The van der Waals surface area contributed by atoms with Gasteiger partial charge in [0.15, 0.2) is 0 Å². The molecule has 2 fully saturated rings. The molecule has 6 nitrogen and oxygen atoms in total. The molecular weight excluding hydrogens is 328 g/mol. The summed E-state index contributed by atoms with van der Waals surface area (Å²) in [6, 6.07) is 9.90. The number of nitrogens with one attached hydrogen (secondary N) is 2. The molecule has 1 aliphatic carbocycles. The van der Waals surface area contributed by atoms with Crippen molar-refractivity contribution in [3.63, 3.8) is 0 Å². The van der Waals surface area contributed by atoms with Gasteiger partial charge >= 0.3 is 0 Å². The molecule has 0 bridgehead atoms. The fourth-order valence-electron chi connectivity index (χ4n) is 3.95. The van der Waals surface area contributed by atoms with E-state index in [2.05, 4.69) is 15.5 Å². The Balaban J connectivity index is 1.37. The van der Waals surface area contributed by atoms with Gasteiger partial charge in [0, 0.05) is 36.8 Å². The predicted molar refractivity (Wildman–Crippen MR) is 103 cm³/mol. The zero-order valence-electron chi connectivity index (χ0n) is 15.3. The summed E-state index contributed by atoms with van der Waals surface area (Å²) in [5, 5.41) is 6.12. The summed E-state index contributed by atoms with van der Waals surface area (Å²) in [4.78, 5) is 26.7. The van der Waals surface area contributed by atoms with Crippen molar-refractivity contribution < 1.29 is 9.59 Å². The lowest BCUT2D eigenvalue weighted by atomic mass is 9.85. The number of piperidine rings is 1. The van der Waals surface area contributed by atoms with Gasteiger partial charge in [-0.1, -0.05) is 24.6 Å². The van der Waals surface area contributed by atoms with Crippen molar-refractivity contribution in [2.75, 3.05) is 25.0 Å². The van der Waals surface area contributed by atoms with Gasteiger partial charge in [-0.2, -0.15) is 0 Å². The Labute approximate surface area is 155 Å². The smallest absolute Gasteiger partial charge is 0.238 e. The molecule has 4 N–H and O–H groups in total. The molecule has 1 saturated carbocycles. The third-order valence-corrected chi connectivity index (χ3v) is 5.44. The van der Waals surface area contributed by atoms with Crippen LogP contribution < -0.4 is 16.4 Å². The number of para-hydroxylation sites is 1. The van der Waals surface area contributed by atoms with Crippen LogP contribution in [-0.4, -0.2) is 48.4 Å². The maximum absolute atomic E-state index is 12.4. The van der Waals surface area contributed by atoms with Crippen molar-refractivity contribution in [3.8, 4) is 0 Å². The number of carbonyl (C=O) groups excluding carboxylic acids is 2. The molecule has 1 aromatic carbocycles. The maximum atomic E-state index is 12.4. The van der Waals surface area contributed by atoms with Crippen LogP contribution in [0.3, 0.4) is 0 Å². The quantitative estimate of drug-likeness (QED) is 0.748. The van der Waals surface area contributed by atoms with E-state index < -0.39 is 0 Å². The van der Waals surface area contributed by atoms with Crippen LogP contribution in [0.5, 0.6) is 0 Å². The van der Waals surface area contributed by atoms with Crippen LogP contribution in [0.25, 0.3) is 0 Å². The molecule has 1 aliphatic heterocycles. The lowest BCUT2D eigenvalue weighted by Crippen LogP contribution is -2.48. The number of benzene rings is 1. The Hall–Kier alpha value is -1.92. The number of rotatable bonds is 5. The second-order valence-corrected chi connectivity index (χ2v) is 7.60. The number of anilines is 1. The molecule has 1 aromatic rings. The van der Waals surface area contributed by atoms with Crippen molar-refractivity contribution in [1.82, 2.24) is 10.2 Å². The van der Waals surface area contributed by atoms with E-state index >= 15 is 0 Å². The molecule has 26 heavy (non-hydrogen) atoms. The first-order valence-electron chi connectivity index (χ1n) is 9.73. The lowest BCUT2D eigenvalue weighted by Gasteiger charge is -2.33. The first-order valence-corrected chi connectivity index (χ1v) is 9.73. The fraction of sp³-hybridized carbons (Fsp3) is 0.600. The van der Waals surface area contributed by atoms with Gasteiger partial charge in [-0.3, -0.25) is 14.5 Å². The topological polar surface area (TPSA) is 87.5 Å². The van der Waals surface area contributed by atoms with E-state index in [-0.39, 0.29) is 29.8 Å². The normalized spacial score (nSPS) is 24.8. The summed E-state index contributed by atoms with van der Waals surface area (Å²) in [6.45, 7) is 2.06. The molecule has 0 radical (unpaired) electrons. The van der Waals surface area contributed by atoms with Gasteiger partial charge in [-0.15, -0.1) is 0 Å². The molecule has 2 atom stereocenters. The molecule has 3 rings (SSSR count). The minimum absolute atomic E-state index is 0.00915. The Morgan fingerprint density at radius 1 is 1.08 bits per heavy atom. The van der Waals surface area contributed by atoms with Crippen LogP contribution in [0.1, 0.15) is 38.5 Å². The first kappa shape index (κ1) is 18.9. The monoisotopic (exact) mass is 358 g/mol. The largest absolute Gasteiger partial charge is 0.353 e. The van der Waals surface area contributed by atoms with Crippen LogP contribution in [0.4, 0.5) is 5.69 Å². The van der Waals surface area contributed by atoms with Crippen LogP contribution in [0.15, 0.2) is 30.3 Å². The van der Waals surface area contributed by atoms with E-state index in [4.69, 9.17) is 5.73 Å². The number of hydrogen-bond donors (Lipinski definition) is 3. The van der Waals surface area contributed by atoms with E-state index in [0.29, 0.717) is 6.54 Å². The highest BCUT2D eigenvalue weighted by molar-refractivity contribution is 5.92. The molecular formula is C20H30N4O2. The fourth-order valence-corrected chi connectivity index (χ4v) is 3.95. The standard InChI is InChI=1S/C20H30N4O2/c21-16-6-4-5-15(13-16)20(26)23-18-9-11-24(12-10-18)14-19(25)22-17-7-2-1-3-8-17/h1-3,7-8,15-16,18H,4-6,9-14,21H2,(H,22,25)(H,23,26). The minimum atomic E-state index is 0.00915. The summed E-state index contributed by atoms with van der Waals surface area (Å²) >= 11 is 0. The van der Waals surface area contributed by atoms with E-state index in [1.165, 1.54) is 0 Å². The van der Waals surface area contributed by atoms with Gasteiger partial charge in [0.1, 0.15) is 0 Å². The molecule has 1 saturated heterocycles. The zero-order valence-corrected chi connectivity index (χ0v) is 15.3. The SMILES string of the molecule is NC1CCCC(C(=O)NC2CCN(CC(=O)Nc3ccccc3)CC2)C1. The summed E-state index contributed by atoms with van der Waals surface area (Å²) in [7, 11) is 0. The third kappa shape index (κ3) is 5.54. The third-order valence-electron chi connectivity index (χ3n) is 5.44. The Kier molecular flexibility index (Phi) is 6.63. The van der Waals surface area contributed by atoms with Crippen LogP contribution in [-0.2, 0) is 9.59 Å². The van der Waals surface area contributed by atoms with Crippen molar-refractivity contribution >= 4 is 17.5 Å². The second-order valence-electron chi connectivity index (χ2n) is 7.60. The Morgan fingerprint density at radius 3 is 2.50 bits per heavy atom. The molecule has 2 aliphatic rings. The van der Waals surface area contributed by atoms with Gasteiger partial charge in [0.2, 0.25) is 11.8 Å². The number of hydrogen-bond acceptors (Lipinski definition) is 4. The highest BCUT2D eigenvalue weighted by atomic mass is 16.2. The molecule has 1 heterocycles. The minimum Gasteiger partial charge on any atom is -0.353 e. The number of likely N-dealkylation sites (tertiary alicyclic amines) is 1. The molecule has 2 unspecified atom stereocenters. The van der Waals surface area contributed by atoms with Gasteiger partial charge in [0.05, 0.1) is 6.54 Å². The van der Waals surface area contributed by atoms with Crippen molar-refractivity contribution in [3.05, 3.63) is 30.3 Å². The van der Waals surface area contributed by atoms with E-state index in [1.807, 2.05) is 30.3 Å². The number of carbonyl (C=O) groups is 2. The van der Waals surface area contributed by atoms with Crippen LogP contribution >= 0.6 is 0 Å². The molecule has 6 heteroatoms. The Morgan fingerprint density at radius 2 is 1.81 bits per heavy atom. The highest BCUT2D eigenvalue weighted by Crippen LogP contribution is 2.24. The van der Waals surface area contributed by atoms with Crippen LogP contribution in [0.2, 0.25) is 0 Å². The summed E-state index contributed by atoms with van der Waals surface area (Å²) in [6.07, 6.45) is 5.63. The van der Waals surface area contributed by atoms with E-state index in [9.17, 15) is 9.59 Å². The number of nitrogens with two attached hydrogens (primary N) is 1. The average molecular weight is 358 g/mol. The van der Waals surface area contributed by atoms with Crippen molar-refractivity contribution in [2.45, 2.75) is 50.6 Å². The Bertz CT molecular complexity index is 599.